The van der Waals surface area contributed by atoms with Gasteiger partial charge in [-0.15, -0.1) is 0 Å². The molecule has 0 saturated heterocycles. The maximum atomic E-state index is 10.9. The van der Waals surface area contributed by atoms with E-state index in [9.17, 15) is 8.42 Å². The Morgan fingerprint density at radius 3 is 2.46 bits per heavy atom. The van der Waals surface area contributed by atoms with Crippen LogP contribution < -0.4 is 10.5 Å². The van der Waals surface area contributed by atoms with Gasteiger partial charge >= 0.3 is 0 Å². The summed E-state index contributed by atoms with van der Waals surface area (Å²) in [4.78, 5) is -0.102. The van der Waals surface area contributed by atoms with Crippen LogP contribution in [0.25, 0.3) is 0 Å². The molecule has 0 fully saturated rings. The van der Waals surface area contributed by atoms with E-state index in [0.29, 0.717) is 5.75 Å². The second-order valence-corrected chi connectivity index (χ2v) is 4.88. The molecule has 6 heteroatoms. The smallest absolute Gasteiger partial charge is 0.263 e. The summed E-state index contributed by atoms with van der Waals surface area (Å²) in [6.07, 6.45) is 0. The van der Waals surface area contributed by atoms with Crippen LogP contribution in [0.5, 0.6) is 5.75 Å². The van der Waals surface area contributed by atoms with Crippen LogP contribution in [0.4, 0.5) is 5.69 Å². The van der Waals surface area contributed by atoms with E-state index in [0.717, 1.165) is 0 Å². The predicted molar refractivity (Wildman–Crippen MR) is 50.4 cm³/mol. The minimum atomic E-state index is -3.77. The van der Waals surface area contributed by atoms with E-state index in [2.05, 4.69) is 0 Å². The van der Waals surface area contributed by atoms with Gasteiger partial charge in [0.25, 0.3) is 9.05 Å². The first-order valence-electron chi connectivity index (χ1n) is 3.33. The molecule has 0 unspecified atom stereocenters. The Morgan fingerprint density at radius 2 is 2.08 bits per heavy atom. The summed E-state index contributed by atoms with van der Waals surface area (Å²) in [6, 6.07) is 4.18. The number of nitrogen functional groups attached to an aromatic ring is 1. The molecule has 0 saturated carbocycles. The Labute approximate surface area is 80.7 Å². The van der Waals surface area contributed by atoms with Gasteiger partial charge in [0.1, 0.15) is 10.6 Å². The molecular formula is C7H8ClNO3S. The van der Waals surface area contributed by atoms with Crippen molar-refractivity contribution in [2.45, 2.75) is 4.90 Å². The topological polar surface area (TPSA) is 69.4 Å². The van der Waals surface area contributed by atoms with Gasteiger partial charge in [0.05, 0.1) is 12.8 Å². The molecule has 0 radical (unpaired) electrons. The number of anilines is 1. The lowest BCUT2D eigenvalue weighted by molar-refractivity contribution is 0.414. The van der Waals surface area contributed by atoms with Gasteiger partial charge in [-0.25, -0.2) is 8.42 Å². The number of rotatable bonds is 2. The maximum Gasteiger partial charge on any atom is 0.263 e. The van der Waals surface area contributed by atoms with Crippen LogP contribution in [0.1, 0.15) is 0 Å². The molecule has 0 aromatic heterocycles. The van der Waals surface area contributed by atoms with Crippen molar-refractivity contribution >= 4 is 25.4 Å². The van der Waals surface area contributed by atoms with Crippen molar-refractivity contribution in [2.75, 3.05) is 12.8 Å². The largest absolute Gasteiger partial charge is 0.497 e. The van der Waals surface area contributed by atoms with E-state index in [1.165, 1.54) is 25.3 Å². The van der Waals surface area contributed by atoms with Gasteiger partial charge in [-0.05, 0) is 12.1 Å². The van der Waals surface area contributed by atoms with E-state index >= 15 is 0 Å². The van der Waals surface area contributed by atoms with Crippen molar-refractivity contribution in [1.82, 2.24) is 0 Å². The zero-order valence-electron chi connectivity index (χ0n) is 6.82. The fourth-order valence-electron chi connectivity index (χ4n) is 0.876. The van der Waals surface area contributed by atoms with E-state index < -0.39 is 9.05 Å². The van der Waals surface area contributed by atoms with Crippen LogP contribution in [0.2, 0.25) is 0 Å². The molecule has 13 heavy (non-hydrogen) atoms. The molecule has 0 aliphatic carbocycles. The minimum absolute atomic E-state index is 0.0781. The highest BCUT2D eigenvalue weighted by Crippen LogP contribution is 2.25. The van der Waals surface area contributed by atoms with Crippen LogP contribution in [0.3, 0.4) is 0 Å². The van der Waals surface area contributed by atoms with Gasteiger partial charge in [0, 0.05) is 16.7 Å². The van der Waals surface area contributed by atoms with Crippen molar-refractivity contribution in [3.8, 4) is 5.75 Å². The van der Waals surface area contributed by atoms with Crippen LogP contribution in [0.15, 0.2) is 23.1 Å². The third-order valence-electron chi connectivity index (χ3n) is 1.48. The summed E-state index contributed by atoms with van der Waals surface area (Å²) in [5.74, 6) is 0.488. The van der Waals surface area contributed by atoms with E-state index in [4.69, 9.17) is 21.2 Å². The highest BCUT2D eigenvalue weighted by atomic mass is 35.7. The Balaban J connectivity index is 3.29. The zero-order valence-corrected chi connectivity index (χ0v) is 8.39. The normalized spacial score (nSPS) is 11.2. The van der Waals surface area contributed by atoms with Crippen molar-refractivity contribution in [3.63, 3.8) is 0 Å². The molecule has 2 N–H and O–H groups in total. The number of halogens is 1. The van der Waals surface area contributed by atoms with E-state index in [1.54, 1.807) is 0 Å². The van der Waals surface area contributed by atoms with Crippen LogP contribution in [-0.4, -0.2) is 15.5 Å². The van der Waals surface area contributed by atoms with Gasteiger partial charge in [-0.1, -0.05) is 0 Å². The standard InChI is InChI=1S/C7H8ClNO3S/c1-12-5-2-3-7(6(9)4-5)13(8,10)11/h2-4H,9H2,1H3. The second-order valence-electron chi connectivity index (χ2n) is 2.34. The molecular weight excluding hydrogens is 214 g/mol. The van der Waals surface area contributed by atoms with Gasteiger partial charge in [-0.3, -0.25) is 0 Å². The third kappa shape index (κ3) is 2.26. The SMILES string of the molecule is COc1ccc(S(=O)(=O)Cl)c(N)c1. The maximum absolute atomic E-state index is 10.9. The minimum Gasteiger partial charge on any atom is -0.497 e. The summed E-state index contributed by atoms with van der Waals surface area (Å²) >= 11 is 0. The molecule has 0 aliphatic heterocycles. The molecule has 0 bridgehead atoms. The highest BCUT2D eigenvalue weighted by molar-refractivity contribution is 8.13. The molecule has 1 rings (SSSR count). The van der Waals surface area contributed by atoms with Gasteiger partial charge in [-0.2, -0.15) is 0 Å². The zero-order chi connectivity index (χ0) is 10.1. The quantitative estimate of drug-likeness (QED) is 0.602. The molecule has 0 amide bonds. The first kappa shape index (κ1) is 10.1. The summed E-state index contributed by atoms with van der Waals surface area (Å²) in [5.41, 5.74) is 5.52. The Morgan fingerprint density at radius 1 is 1.46 bits per heavy atom. The molecule has 0 atom stereocenters. The summed E-state index contributed by atoms with van der Waals surface area (Å²) in [6.45, 7) is 0. The number of methoxy groups -OCH3 is 1. The Hall–Kier alpha value is -0.940. The van der Waals surface area contributed by atoms with Crippen molar-refractivity contribution < 1.29 is 13.2 Å². The lowest BCUT2D eigenvalue weighted by Gasteiger charge is -2.04. The van der Waals surface area contributed by atoms with Crippen molar-refractivity contribution in [3.05, 3.63) is 18.2 Å². The van der Waals surface area contributed by atoms with Gasteiger partial charge < -0.3 is 10.5 Å². The lowest BCUT2D eigenvalue weighted by Crippen LogP contribution is -1.98. The fraction of sp³-hybridized carbons (Fsp3) is 0.143. The third-order valence-corrected chi connectivity index (χ3v) is 2.88. The van der Waals surface area contributed by atoms with Gasteiger partial charge in [0.2, 0.25) is 0 Å². The second kappa shape index (κ2) is 3.43. The van der Waals surface area contributed by atoms with Crippen LogP contribution in [-0.2, 0) is 9.05 Å². The Bertz CT molecular complexity index is 416. The summed E-state index contributed by atoms with van der Waals surface area (Å²) < 4.78 is 26.6. The number of benzene rings is 1. The fourth-order valence-corrected chi connectivity index (χ4v) is 1.87. The average molecular weight is 222 g/mol. The Kier molecular flexibility index (Phi) is 2.68. The summed E-state index contributed by atoms with van der Waals surface area (Å²) in [7, 11) is 2.81. The molecule has 0 spiro atoms. The average Bonchev–Trinajstić information content (AvgIpc) is 2.01. The number of hydrogen-bond acceptors (Lipinski definition) is 4. The molecule has 4 nitrogen and oxygen atoms in total. The number of ether oxygens (including phenoxy) is 1. The van der Waals surface area contributed by atoms with Crippen molar-refractivity contribution in [2.24, 2.45) is 0 Å². The molecule has 0 heterocycles. The highest BCUT2D eigenvalue weighted by Gasteiger charge is 2.13. The molecule has 1 aromatic carbocycles. The molecule has 0 aliphatic rings. The van der Waals surface area contributed by atoms with E-state index in [1.807, 2.05) is 0 Å². The molecule has 72 valence electrons. The monoisotopic (exact) mass is 221 g/mol. The number of nitrogens with two attached hydrogens (primary N) is 1. The number of hydrogen-bond donors (Lipinski definition) is 1. The van der Waals surface area contributed by atoms with Gasteiger partial charge in [0.15, 0.2) is 0 Å². The van der Waals surface area contributed by atoms with E-state index in [-0.39, 0.29) is 10.6 Å². The van der Waals surface area contributed by atoms with Crippen LogP contribution in [0, 0.1) is 0 Å². The predicted octanol–water partition coefficient (Wildman–Crippen LogP) is 1.20. The van der Waals surface area contributed by atoms with Crippen LogP contribution >= 0.6 is 10.7 Å². The first-order valence-corrected chi connectivity index (χ1v) is 5.64. The molecule has 1 aromatic rings. The first-order chi connectivity index (χ1) is 5.95. The van der Waals surface area contributed by atoms with Crippen molar-refractivity contribution in [1.29, 1.82) is 0 Å². The lowest BCUT2D eigenvalue weighted by atomic mass is 10.3. The summed E-state index contributed by atoms with van der Waals surface area (Å²) in [5, 5.41) is 0.